The second-order valence-corrected chi connectivity index (χ2v) is 4.19. The molecule has 0 saturated heterocycles. The maximum Gasteiger partial charge on any atom is 0.342 e. The number of nitrogens with zero attached hydrogens (tertiary/aromatic N) is 4. The van der Waals surface area contributed by atoms with Crippen LogP contribution in [-0.4, -0.2) is 25.5 Å². The van der Waals surface area contributed by atoms with Gasteiger partial charge in [-0.1, -0.05) is 5.16 Å². The fraction of sp³-hybridized carbons (Fsp3) is 0.364. The normalized spacial score (nSPS) is 10.5. The summed E-state index contributed by atoms with van der Waals surface area (Å²) in [5.74, 6) is 0.959. The molecule has 2 rings (SSSR count). The zero-order chi connectivity index (χ0) is 14.7. The van der Waals surface area contributed by atoms with Gasteiger partial charge < -0.3 is 20.0 Å². The van der Waals surface area contributed by atoms with Crippen LogP contribution in [0.3, 0.4) is 0 Å². The molecular formula is C11H13N5O4. The molecule has 9 heteroatoms. The van der Waals surface area contributed by atoms with Gasteiger partial charge in [0.05, 0.1) is 6.42 Å². The molecule has 2 heterocycles. The summed E-state index contributed by atoms with van der Waals surface area (Å²) < 4.78 is 6.20. The predicted octanol–water partition coefficient (Wildman–Crippen LogP) is 1.42. The van der Waals surface area contributed by atoms with Crippen molar-refractivity contribution in [2.45, 2.75) is 26.8 Å². The average Bonchev–Trinajstić information content (AvgIpc) is 2.93. The quantitative estimate of drug-likeness (QED) is 0.653. The van der Waals surface area contributed by atoms with E-state index in [4.69, 9.17) is 4.52 Å². The highest BCUT2D eigenvalue weighted by Crippen LogP contribution is 2.14. The van der Waals surface area contributed by atoms with Crippen LogP contribution in [0.15, 0.2) is 16.8 Å². The number of nitro groups is 1. The first kappa shape index (κ1) is 13.7. The fourth-order valence-corrected chi connectivity index (χ4v) is 1.72. The average molecular weight is 279 g/mol. The van der Waals surface area contributed by atoms with Crippen molar-refractivity contribution < 1.29 is 14.2 Å². The Balaban J connectivity index is 1.97. The van der Waals surface area contributed by atoms with Crippen molar-refractivity contribution in [2.24, 2.45) is 0 Å². The third kappa shape index (κ3) is 2.99. The van der Waals surface area contributed by atoms with E-state index in [1.165, 1.54) is 10.8 Å². The summed E-state index contributed by atoms with van der Waals surface area (Å²) in [7, 11) is 0. The van der Waals surface area contributed by atoms with E-state index in [0.717, 1.165) is 0 Å². The number of nitrogens with one attached hydrogen (secondary N) is 1. The van der Waals surface area contributed by atoms with Crippen LogP contribution in [0.4, 0.5) is 11.6 Å². The van der Waals surface area contributed by atoms with Crippen molar-refractivity contribution in [3.8, 4) is 0 Å². The van der Waals surface area contributed by atoms with Gasteiger partial charge in [0.2, 0.25) is 5.91 Å². The van der Waals surface area contributed by atoms with Crippen LogP contribution in [-0.2, 0) is 11.3 Å². The summed E-state index contributed by atoms with van der Waals surface area (Å²) in [6.07, 6.45) is 1.25. The second kappa shape index (κ2) is 5.51. The number of carbonyl (C=O) groups excluding carboxylic acids is 1. The summed E-state index contributed by atoms with van der Waals surface area (Å²) in [5, 5.41) is 17.0. The lowest BCUT2D eigenvalue weighted by Crippen LogP contribution is -2.16. The number of hydrogen-bond acceptors (Lipinski definition) is 6. The zero-order valence-corrected chi connectivity index (χ0v) is 11.0. The third-order valence-corrected chi connectivity index (χ3v) is 2.68. The van der Waals surface area contributed by atoms with Gasteiger partial charge in [-0.2, -0.15) is 0 Å². The minimum atomic E-state index is -0.529. The van der Waals surface area contributed by atoms with Gasteiger partial charge in [0, 0.05) is 13.0 Å². The first-order chi connectivity index (χ1) is 9.47. The Hall–Kier alpha value is -2.71. The first-order valence-electron chi connectivity index (χ1n) is 5.87. The highest BCUT2D eigenvalue weighted by molar-refractivity contribution is 5.89. The molecule has 0 aliphatic carbocycles. The molecule has 0 radical (unpaired) electrons. The van der Waals surface area contributed by atoms with E-state index in [-0.39, 0.29) is 24.7 Å². The van der Waals surface area contributed by atoms with Crippen molar-refractivity contribution in [3.05, 3.63) is 34.0 Å². The molecule has 0 unspecified atom stereocenters. The Labute approximate surface area is 113 Å². The molecule has 0 spiro atoms. The van der Waals surface area contributed by atoms with Crippen LogP contribution in [0.25, 0.3) is 0 Å². The van der Waals surface area contributed by atoms with Gasteiger partial charge in [-0.25, -0.2) is 9.55 Å². The van der Waals surface area contributed by atoms with Crippen molar-refractivity contribution in [1.82, 2.24) is 14.7 Å². The van der Waals surface area contributed by atoms with Gasteiger partial charge in [0.15, 0.2) is 11.6 Å². The Morgan fingerprint density at radius 3 is 2.90 bits per heavy atom. The van der Waals surface area contributed by atoms with Crippen LogP contribution in [0, 0.1) is 24.0 Å². The number of anilines is 1. The van der Waals surface area contributed by atoms with Crippen LogP contribution >= 0.6 is 0 Å². The summed E-state index contributed by atoms with van der Waals surface area (Å²) in [6, 6.07) is 1.59. The molecule has 0 aliphatic heterocycles. The van der Waals surface area contributed by atoms with Crippen LogP contribution in [0.1, 0.15) is 18.0 Å². The Morgan fingerprint density at radius 2 is 2.30 bits per heavy atom. The summed E-state index contributed by atoms with van der Waals surface area (Å²) in [4.78, 5) is 25.8. The molecule has 0 aromatic carbocycles. The SMILES string of the molecule is Cc1cc(NC(=O)CCn2c([N+](=O)[O-])cnc2C)no1. The van der Waals surface area contributed by atoms with Gasteiger partial charge in [-0.15, -0.1) is 0 Å². The first-order valence-corrected chi connectivity index (χ1v) is 5.87. The highest BCUT2D eigenvalue weighted by atomic mass is 16.6. The Morgan fingerprint density at radius 1 is 1.55 bits per heavy atom. The van der Waals surface area contributed by atoms with Crippen molar-refractivity contribution in [3.63, 3.8) is 0 Å². The van der Waals surface area contributed by atoms with Crippen molar-refractivity contribution >= 4 is 17.5 Å². The lowest BCUT2D eigenvalue weighted by Gasteiger charge is -2.03. The van der Waals surface area contributed by atoms with E-state index in [1.807, 2.05) is 0 Å². The molecule has 0 bridgehead atoms. The molecular weight excluding hydrogens is 266 g/mol. The molecule has 9 nitrogen and oxygen atoms in total. The number of carbonyl (C=O) groups is 1. The zero-order valence-electron chi connectivity index (χ0n) is 11.0. The van der Waals surface area contributed by atoms with Crippen LogP contribution in [0.2, 0.25) is 0 Å². The maximum absolute atomic E-state index is 11.7. The van der Waals surface area contributed by atoms with Gasteiger partial charge in [0.25, 0.3) is 0 Å². The Bertz CT molecular complexity index is 645. The predicted molar refractivity (Wildman–Crippen MR) is 68.1 cm³/mol. The number of aromatic nitrogens is 3. The molecule has 0 aliphatic rings. The van der Waals surface area contributed by atoms with Gasteiger partial charge >= 0.3 is 5.82 Å². The van der Waals surface area contributed by atoms with E-state index >= 15 is 0 Å². The minimum Gasteiger partial charge on any atom is -0.360 e. The molecule has 20 heavy (non-hydrogen) atoms. The summed E-state index contributed by atoms with van der Waals surface area (Å²) >= 11 is 0. The molecule has 1 N–H and O–H groups in total. The lowest BCUT2D eigenvalue weighted by atomic mass is 10.3. The molecule has 1 amide bonds. The number of rotatable bonds is 5. The van der Waals surface area contributed by atoms with Gasteiger partial charge in [-0.05, 0) is 11.8 Å². The number of imidazole rings is 1. The topological polar surface area (TPSA) is 116 Å². The molecule has 2 aromatic rings. The molecule has 0 saturated carbocycles. The van der Waals surface area contributed by atoms with E-state index in [9.17, 15) is 14.9 Å². The van der Waals surface area contributed by atoms with E-state index < -0.39 is 4.92 Å². The summed E-state index contributed by atoms with van der Waals surface area (Å²) in [6.45, 7) is 3.53. The monoisotopic (exact) mass is 279 g/mol. The largest absolute Gasteiger partial charge is 0.360 e. The number of aryl methyl sites for hydroxylation is 2. The molecule has 0 fully saturated rings. The van der Waals surface area contributed by atoms with Crippen LogP contribution in [0.5, 0.6) is 0 Å². The van der Waals surface area contributed by atoms with Crippen LogP contribution < -0.4 is 5.32 Å². The fourth-order valence-electron chi connectivity index (χ4n) is 1.72. The van der Waals surface area contributed by atoms with Gasteiger partial charge in [-0.3, -0.25) is 4.79 Å². The van der Waals surface area contributed by atoms with Crippen molar-refractivity contribution in [1.29, 1.82) is 0 Å². The number of hydrogen-bond donors (Lipinski definition) is 1. The summed E-state index contributed by atoms with van der Waals surface area (Å²) in [5.41, 5.74) is 0. The molecule has 106 valence electrons. The smallest absolute Gasteiger partial charge is 0.342 e. The lowest BCUT2D eigenvalue weighted by molar-refractivity contribution is -0.392. The highest BCUT2D eigenvalue weighted by Gasteiger charge is 2.18. The van der Waals surface area contributed by atoms with E-state index in [1.54, 1.807) is 19.9 Å². The molecule has 2 aromatic heterocycles. The second-order valence-electron chi connectivity index (χ2n) is 4.19. The molecule has 0 atom stereocenters. The maximum atomic E-state index is 11.7. The van der Waals surface area contributed by atoms with Crippen molar-refractivity contribution in [2.75, 3.05) is 5.32 Å². The van der Waals surface area contributed by atoms with E-state index in [0.29, 0.717) is 17.4 Å². The third-order valence-electron chi connectivity index (χ3n) is 2.68. The Kier molecular flexibility index (Phi) is 3.78. The standard InChI is InChI=1S/C11H13N5O4/c1-7-5-9(14-20-7)13-10(17)3-4-15-8(2)12-6-11(15)16(18)19/h5-6H,3-4H2,1-2H3,(H,13,14,17). The number of amides is 1. The van der Waals surface area contributed by atoms with E-state index in [2.05, 4.69) is 15.5 Å². The van der Waals surface area contributed by atoms with Gasteiger partial charge in [0.1, 0.15) is 18.5 Å². The minimum absolute atomic E-state index is 0.0734.